The topological polar surface area (TPSA) is 62.2 Å². The average molecular weight is 265 g/mol. The molecule has 0 aliphatic heterocycles. The first-order valence-electron chi connectivity index (χ1n) is 6.70. The molecular formula is C13H23N5O. The average Bonchev–Trinajstić information content (AvgIpc) is 3.06. The third-order valence-electron chi connectivity index (χ3n) is 3.35. The largest absolute Gasteiger partial charge is 0.352 e. The molecule has 1 aromatic heterocycles. The molecule has 2 rings (SSSR count). The third kappa shape index (κ3) is 3.26. The number of likely N-dealkylation sites (N-methyl/N-ethyl adjacent to an activating group) is 1. The van der Waals surface area contributed by atoms with E-state index in [1.807, 2.05) is 37.6 Å². The van der Waals surface area contributed by atoms with Crippen molar-refractivity contribution in [3.8, 4) is 0 Å². The van der Waals surface area contributed by atoms with Crippen LogP contribution in [0.1, 0.15) is 24.1 Å². The minimum absolute atomic E-state index is 0.0826. The summed E-state index contributed by atoms with van der Waals surface area (Å²) in [5, 5.41) is 10.6. The molecule has 0 saturated heterocycles. The maximum absolute atomic E-state index is 11.9. The number of carbonyl (C=O) groups is 1. The summed E-state index contributed by atoms with van der Waals surface area (Å²) >= 11 is 0. The lowest BCUT2D eigenvalue weighted by Gasteiger charge is -2.20. The number of rotatable bonds is 6. The van der Waals surface area contributed by atoms with Gasteiger partial charge in [-0.05, 0) is 26.8 Å². The Bertz CT molecular complexity index is 464. The molecule has 1 aromatic rings. The van der Waals surface area contributed by atoms with Crippen LogP contribution in [0.25, 0.3) is 0 Å². The molecule has 0 spiro atoms. The number of anilines is 1. The van der Waals surface area contributed by atoms with Crippen LogP contribution in [0.4, 0.5) is 5.82 Å². The van der Waals surface area contributed by atoms with Crippen LogP contribution in [-0.2, 0) is 18.4 Å². The van der Waals surface area contributed by atoms with Crippen molar-refractivity contribution in [1.29, 1.82) is 0 Å². The Morgan fingerprint density at radius 3 is 2.79 bits per heavy atom. The summed E-state index contributed by atoms with van der Waals surface area (Å²) < 4.78 is 1.84. The van der Waals surface area contributed by atoms with Crippen LogP contribution in [0.2, 0.25) is 0 Å². The van der Waals surface area contributed by atoms with Gasteiger partial charge < -0.3 is 15.5 Å². The summed E-state index contributed by atoms with van der Waals surface area (Å²) in [6.07, 6.45) is 2.23. The summed E-state index contributed by atoms with van der Waals surface area (Å²) in [7, 11) is 5.76. The zero-order chi connectivity index (χ0) is 14.0. The number of carbonyl (C=O) groups excluding carboxylic acids is 1. The number of aromatic nitrogens is 2. The molecule has 0 radical (unpaired) electrons. The molecule has 0 unspecified atom stereocenters. The van der Waals surface area contributed by atoms with Crippen LogP contribution in [0, 0.1) is 6.92 Å². The van der Waals surface area contributed by atoms with E-state index >= 15 is 0 Å². The van der Waals surface area contributed by atoms with Gasteiger partial charge in [0.2, 0.25) is 5.91 Å². The Labute approximate surface area is 114 Å². The first kappa shape index (κ1) is 13.9. The van der Waals surface area contributed by atoms with Gasteiger partial charge in [-0.2, -0.15) is 5.10 Å². The summed E-state index contributed by atoms with van der Waals surface area (Å²) in [6, 6.07) is 0.408. The van der Waals surface area contributed by atoms with E-state index in [9.17, 15) is 4.79 Å². The second-order valence-corrected chi connectivity index (χ2v) is 5.24. The van der Waals surface area contributed by atoms with E-state index in [-0.39, 0.29) is 5.91 Å². The lowest BCUT2D eigenvalue weighted by Crippen LogP contribution is -2.37. The van der Waals surface area contributed by atoms with Gasteiger partial charge in [0, 0.05) is 32.2 Å². The van der Waals surface area contributed by atoms with E-state index in [4.69, 9.17) is 0 Å². The van der Waals surface area contributed by atoms with Crippen LogP contribution in [0.3, 0.4) is 0 Å². The standard InChI is InChI=1S/C13H23N5O/c1-9-11(7-14-2)13(18(4)16-9)17(3)8-12(19)15-10-5-6-10/h10,14H,5-8H2,1-4H3,(H,15,19). The summed E-state index contributed by atoms with van der Waals surface area (Å²) in [4.78, 5) is 13.8. The minimum Gasteiger partial charge on any atom is -0.352 e. The van der Waals surface area contributed by atoms with Crippen molar-refractivity contribution in [1.82, 2.24) is 20.4 Å². The van der Waals surface area contributed by atoms with Gasteiger partial charge in [0.15, 0.2) is 0 Å². The Morgan fingerprint density at radius 1 is 1.53 bits per heavy atom. The highest BCUT2D eigenvalue weighted by molar-refractivity contribution is 5.81. The zero-order valence-corrected chi connectivity index (χ0v) is 12.2. The van der Waals surface area contributed by atoms with Gasteiger partial charge in [-0.25, -0.2) is 0 Å². The number of aryl methyl sites for hydroxylation is 2. The number of nitrogens with one attached hydrogen (secondary N) is 2. The fourth-order valence-electron chi connectivity index (χ4n) is 2.34. The van der Waals surface area contributed by atoms with Crippen molar-refractivity contribution < 1.29 is 4.79 Å². The Morgan fingerprint density at radius 2 is 2.21 bits per heavy atom. The van der Waals surface area contributed by atoms with E-state index in [0.29, 0.717) is 12.6 Å². The molecule has 0 bridgehead atoms. The normalized spacial score (nSPS) is 14.5. The zero-order valence-electron chi connectivity index (χ0n) is 12.2. The van der Waals surface area contributed by atoms with Crippen molar-refractivity contribution in [3.05, 3.63) is 11.3 Å². The molecular weight excluding hydrogens is 242 g/mol. The minimum atomic E-state index is 0.0826. The summed E-state index contributed by atoms with van der Waals surface area (Å²) in [6.45, 7) is 3.12. The van der Waals surface area contributed by atoms with E-state index in [1.165, 1.54) is 0 Å². The molecule has 6 nitrogen and oxygen atoms in total. The van der Waals surface area contributed by atoms with Crippen molar-refractivity contribution in [2.75, 3.05) is 25.5 Å². The molecule has 1 heterocycles. The van der Waals surface area contributed by atoms with Crippen molar-refractivity contribution in [2.24, 2.45) is 7.05 Å². The van der Waals surface area contributed by atoms with Crippen molar-refractivity contribution >= 4 is 11.7 Å². The number of amides is 1. The number of hydrogen-bond acceptors (Lipinski definition) is 4. The van der Waals surface area contributed by atoms with Gasteiger partial charge in [0.1, 0.15) is 5.82 Å². The Balaban J connectivity index is 2.08. The van der Waals surface area contributed by atoms with Crippen LogP contribution >= 0.6 is 0 Å². The first-order chi connectivity index (χ1) is 9.02. The molecule has 0 aromatic carbocycles. The molecule has 1 aliphatic carbocycles. The summed E-state index contributed by atoms with van der Waals surface area (Å²) in [5.74, 6) is 1.08. The predicted molar refractivity (Wildman–Crippen MR) is 75.1 cm³/mol. The quantitative estimate of drug-likeness (QED) is 0.769. The van der Waals surface area contributed by atoms with E-state index < -0.39 is 0 Å². The van der Waals surface area contributed by atoms with Gasteiger partial charge in [0.25, 0.3) is 0 Å². The molecule has 1 fully saturated rings. The van der Waals surface area contributed by atoms with Gasteiger partial charge in [-0.15, -0.1) is 0 Å². The van der Waals surface area contributed by atoms with Gasteiger partial charge in [0.05, 0.1) is 12.2 Å². The Kier molecular flexibility index (Phi) is 4.09. The van der Waals surface area contributed by atoms with E-state index in [1.54, 1.807) is 0 Å². The number of hydrogen-bond donors (Lipinski definition) is 2. The van der Waals surface area contributed by atoms with Crippen LogP contribution in [0.5, 0.6) is 0 Å². The second-order valence-electron chi connectivity index (χ2n) is 5.24. The Hall–Kier alpha value is -1.56. The van der Waals surface area contributed by atoms with Gasteiger partial charge in [-0.1, -0.05) is 0 Å². The second kappa shape index (κ2) is 5.61. The molecule has 6 heteroatoms. The first-order valence-corrected chi connectivity index (χ1v) is 6.70. The predicted octanol–water partition coefficient (Wildman–Crippen LogP) is 0.163. The molecule has 2 N–H and O–H groups in total. The highest BCUT2D eigenvalue weighted by Gasteiger charge is 2.24. The highest BCUT2D eigenvalue weighted by atomic mass is 16.2. The van der Waals surface area contributed by atoms with Crippen molar-refractivity contribution in [3.63, 3.8) is 0 Å². The van der Waals surface area contributed by atoms with Gasteiger partial charge in [-0.3, -0.25) is 9.48 Å². The molecule has 0 atom stereocenters. The summed E-state index contributed by atoms with van der Waals surface area (Å²) in [5.41, 5.74) is 2.15. The van der Waals surface area contributed by atoms with E-state index in [2.05, 4.69) is 15.7 Å². The SMILES string of the molecule is CNCc1c(C)nn(C)c1N(C)CC(=O)NC1CC1. The maximum atomic E-state index is 11.9. The molecule has 19 heavy (non-hydrogen) atoms. The fourth-order valence-corrected chi connectivity index (χ4v) is 2.34. The monoisotopic (exact) mass is 265 g/mol. The lowest BCUT2D eigenvalue weighted by atomic mass is 10.2. The van der Waals surface area contributed by atoms with E-state index in [0.717, 1.165) is 36.5 Å². The van der Waals surface area contributed by atoms with Crippen LogP contribution < -0.4 is 15.5 Å². The van der Waals surface area contributed by atoms with Gasteiger partial charge >= 0.3 is 0 Å². The highest BCUT2D eigenvalue weighted by Crippen LogP contribution is 2.22. The molecule has 1 saturated carbocycles. The lowest BCUT2D eigenvalue weighted by molar-refractivity contribution is -0.119. The third-order valence-corrected chi connectivity index (χ3v) is 3.35. The smallest absolute Gasteiger partial charge is 0.239 e. The number of nitrogens with zero attached hydrogens (tertiary/aromatic N) is 3. The molecule has 1 aliphatic rings. The van der Waals surface area contributed by atoms with Crippen molar-refractivity contribution in [2.45, 2.75) is 32.4 Å². The molecule has 106 valence electrons. The van der Waals surface area contributed by atoms with Crippen LogP contribution in [-0.4, -0.2) is 42.4 Å². The fraction of sp³-hybridized carbons (Fsp3) is 0.692. The molecule has 1 amide bonds. The van der Waals surface area contributed by atoms with Crippen LogP contribution in [0.15, 0.2) is 0 Å². The maximum Gasteiger partial charge on any atom is 0.239 e.